The lowest BCUT2D eigenvalue weighted by atomic mass is 10.1. The molecule has 0 radical (unpaired) electrons. The van der Waals surface area contributed by atoms with Gasteiger partial charge in [0.15, 0.2) is 0 Å². The molecule has 0 aliphatic carbocycles. The number of carbonyl (C=O) groups excluding carboxylic acids is 1. The van der Waals surface area contributed by atoms with E-state index in [1.807, 2.05) is 45.0 Å². The van der Waals surface area contributed by atoms with Crippen LogP contribution in [0.4, 0.5) is 15.5 Å². The van der Waals surface area contributed by atoms with E-state index in [2.05, 4.69) is 15.0 Å². The van der Waals surface area contributed by atoms with Crippen molar-refractivity contribution in [2.24, 2.45) is 0 Å². The molecule has 0 spiro atoms. The minimum absolute atomic E-state index is 0.248. The van der Waals surface area contributed by atoms with Crippen LogP contribution in [0.1, 0.15) is 16.8 Å². The predicted octanol–water partition coefficient (Wildman–Crippen LogP) is 3.71. The van der Waals surface area contributed by atoms with Gasteiger partial charge in [0.05, 0.1) is 5.69 Å². The van der Waals surface area contributed by atoms with E-state index in [0.29, 0.717) is 0 Å². The summed E-state index contributed by atoms with van der Waals surface area (Å²) in [6.07, 6.45) is 0. The van der Waals surface area contributed by atoms with Gasteiger partial charge in [-0.2, -0.15) is 4.37 Å². The Hall–Kier alpha value is -1.88. The topological polar surface area (TPSA) is 54.0 Å². The summed E-state index contributed by atoms with van der Waals surface area (Å²) in [7, 11) is 0. The lowest BCUT2D eigenvalue weighted by molar-refractivity contribution is 0.262. The number of carbonyl (C=O) groups is 1. The van der Waals surface area contributed by atoms with Crippen molar-refractivity contribution in [2.75, 3.05) is 10.6 Å². The van der Waals surface area contributed by atoms with Gasteiger partial charge >= 0.3 is 6.03 Å². The van der Waals surface area contributed by atoms with Gasteiger partial charge in [0.2, 0.25) is 0 Å². The number of hydrogen-bond acceptors (Lipinski definition) is 3. The van der Waals surface area contributed by atoms with Gasteiger partial charge in [0, 0.05) is 5.69 Å². The molecule has 1 aromatic carbocycles. The summed E-state index contributed by atoms with van der Waals surface area (Å²) >= 11 is 1.27. The summed E-state index contributed by atoms with van der Waals surface area (Å²) in [5, 5.41) is 6.29. The number of amides is 2. The zero-order chi connectivity index (χ0) is 13.1. The molecule has 1 aromatic heterocycles. The Morgan fingerprint density at radius 1 is 1.11 bits per heavy atom. The molecule has 18 heavy (non-hydrogen) atoms. The van der Waals surface area contributed by atoms with E-state index >= 15 is 0 Å². The normalized spacial score (nSPS) is 10.2. The number of nitrogens with one attached hydrogen (secondary N) is 2. The Morgan fingerprint density at radius 2 is 1.89 bits per heavy atom. The molecule has 0 fully saturated rings. The Kier molecular flexibility index (Phi) is 3.62. The summed E-state index contributed by atoms with van der Waals surface area (Å²) in [5.74, 6) is 0. The van der Waals surface area contributed by atoms with Crippen molar-refractivity contribution in [1.29, 1.82) is 0 Å². The molecule has 0 atom stereocenters. The maximum Gasteiger partial charge on any atom is 0.324 e. The van der Waals surface area contributed by atoms with Crippen molar-refractivity contribution in [2.45, 2.75) is 20.8 Å². The van der Waals surface area contributed by atoms with Crippen LogP contribution in [0, 0.1) is 20.8 Å². The molecule has 2 N–H and O–H groups in total. The quantitative estimate of drug-likeness (QED) is 0.865. The second kappa shape index (κ2) is 5.18. The van der Waals surface area contributed by atoms with E-state index in [1.165, 1.54) is 17.1 Å². The number of hydrogen-bond donors (Lipinski definition) is 2. The van der Waals surface area contributed by atoms with E-state index in [4.69, 9.17) is 0 Å². The molecular formula is C13H15N3OS. The van der Waals surface area contributed by atoms with Crippen LogP contribution in [0.3, 0.4) is 0 Å². The monoisotopic (exact) mass is 261 g/mol. The SMILES string of the molecule is Cc1cc(NC(=O)Nc2ccc(C)c(C)c2)sn1. The van der Waals surface area contributed by atoms with Crippen molar-refractivity contribution < 1.29 is 4.79 Å². The maximum atomic E-state index is 11.7. The minimum Gasteiger partial charge on any atom is -0.308 e. The molecule has 0 bridgehead atoms. The predicted molar refractivity (Wildman–Crippen MR) is 75.4 cm³/mol. The third-order valence-electron chi connectivity index (χ3n) is 2.63. The molecule has 94 valence electrons. The van der Waals surface area contributed by atoms with Gasteiger partial charge in [-0.3, -0.25) is 5.32 Å². The number of benzene rings is 1. The van der Waals surface area contributed by atoms with Crippen LogP contribution in [0.15, 0.2) is 24.3 Å². The van der Waals surface area contributed by atoms with Crippen LogP contribution >= 0.6 is 11.5 Å². The lowest BCUT2D eigenvalue weighted by Crippen LogP contribution is -2.18. The van der Waals surface area contributed by atoms with Crippen molar-refractivity contribution in [3.63, 3.8) is 0 Å². The summed E-state index contributed by atoms with van der Waals surface area (Å²) in [5.41, 5.74) is 4.05. The highest BCUT2D eigenvalue weighted by atomic mass is 32.1. The standard InChI is InChI=1S/C13H15N3OS/c1-8-4-5-11(6-9(8)2)14-13(17)15-12-7-10(3)16-18-12/h4-7H,1-3H3,(H2,14,15,17). The van der Waals surface area contributed by atoms with Crippen LogP contribution < -0.4 is 10.6 Å². The maximum absolute atomic E-state index is 11.7. The zero-order valence-electron chi connectivity index (χ0n) is 10.6. The van der Waals surface area contributed by atoms with E-state index < -0.39 is 0 Å². The molecule has 0 unspecified atom stereocenters. The van der Waals surface area contributed by atoms with Gasteiger partial charge in [-0.05, 0) is 61.6 Å². The first kappa shape index (κ1) is 12.6. The van der Waals surface area contributed by atoms with Crippen LogP contribution in [-0.2, 0) is 0 Å². The Bertz CT molecular complexity index is 577. The van der Waals surface area contributed by atoms with Crippen LogP contribution in [-0.4, -0.2) is 10.4 Å². The molecule has 2 aromatic rings. The average Bonchev–Trinajstić information content (AvgIpc) is 2.69. The van der Waals surface area contributed by atoms with Crippen molar-refractivity contribution in [3.05, 3.63) is 41.1 Å². The van der Waals surface area contributed by atoms with Crippen molar-refractivity contribution >= 4 is 28.3 Å². The first-order chi connectivity index (χ1) is 8.54. The molecule has 0 saturated carbocycles. The number of urea groups is 1. The second-order valence-electron chi connectivity index (χ2n) is 4.21. The fraction of sp³-hybridized carbons (Fsp3) is 0.231. The van der Waals surface area contributed by atoms with Gasteiger partial charge in [-0.15, -0.1) is 0 Å². The van der Waals surface area contributed by atoms with Gasteiger partial charge < -0.3 is 5.32 Å². The first-order valence-corrected chi connectivity index (χ1v) is 6.40. The fourth-order valence-corrected chi connectivity index (χ4v) is 2.17. The largest absolute Gasteiger partial charge is 0.324 e. The average molecular weight is 261 g/mol. The fourth-order valence-electron chi connectivity index (χ4n) is 1.52. The lowest BCUT2D eigenvalue weighted by Gasteiger charge is -2.07. The van der Waals surface area contributed by atoms with Gasteiger partial charge in [-0.25, -0.2) is 4.79 Å². The third-order valence-corrected chi connectivity index (χ3v) is 3.43. The summed E-state index contributed by atoms with van der Waals surface area (Å²) < 4.78 is 4.10. The molecule has 0 aliphatic heterocycles. The van der Waals surface area contributed by atoms with Crippen LogP contribution in [0.5, 0.6) is 0 Å². The molecule has 2 rings (SSSR count). The van der Waals surface area contributed by atoms with Crippen LogP contribution in [0.25, 0.3) is 0 Å². The smallest absolute Gasteiger partial charge is 0.308 e. The molecule has 4 nitrogen and oxygen atoms in total. The zero-order valence-corrected chi connectivity index (χ0v) is 11.4. The highest BCUT2D eigenvalue weighted by Crippen LogP contribution is 2.17. The minimum atomic E-state index is -0.248. The number of aromatic nitrogens is 1. The Morgan fingerprint density at radius 3 is 2.50 bits per heavy atom. The van der Waals surface area contributed by atoms with Gasteiger partial charge in [0.25, 0.3) is 0 Å². The highest BCUT2D eigenvalue weighted by Gasteiger charge is 2.05. The number of rotatable bonds is 2. The third kappa shape index (κ3) is 3.07. The molecular weight excluding hydrogens is 246 g/mol. The highest BCUT2D eigenvalue weighted by molar-refractivity contribution is 7.10. The summed E-state index contributed by atoms with van der Waals surface area (Å²) in [4.78, 5) is 11.7. The van der Waals surface area contributed by atoms with Crippen molar-refractivity contribution in [3.8, 4) is 0 Å². The summed E-state index contributed by atoms with van der Waals surface area (Å²) in [6, 6.07) is 7.42. The van der Waals surface area contributed by atoms with E-state index in [0.717, 1.165) is 21.9 Å². The molecule has 2 amide bonds. The van der Waals surface area contributed by atoms with E-state index in [-0.39, 0.29) is 6.03 Å². The van der Waals surface area contributed by atoms with Crippen molar-refractivity contribution in [1.82, 2.24) is 4.37 Å². The molecule has 0 saturated heterocycles. The number of nitrogens with zero attached hydrogens (tertiary/aromatic N) is 1. The van der Waals surface area contributed by atoms with Crippen LogP contribution in [0.2, 0.25) is 0 Å². The molecule has 5 heteroatoms. The second-order valence-corrected chi connectivity index (χ2v) is 5.02. The number of aryl methyl sites for hydroxylation is 3. The first-order valence-electron chi connectivity index (χ1n) is 5.63. The Labute approximate surface area is 110 Å². The summed E-state index contributed by atoms with van der Waals surface area (Å²) in [6.45, 7) is 5.95. The Balaban J connectivity index is 2.00. The number of anilines is 2. The van der Waals surface area contributed by atoms with Gasteiger partial charge in [0.1, 0.15) is 5.00 Å². The van der Waals surface area contributed by atoms with E-state index in [9.17, 15) is 4.79 Å². The van der Waals surface area contributed by atoms with Gasteiger partial charge in [-0.1, -0.05) is 6.07 Å². The molecule has 1 heterocycles. The molecule has 0 aliphatic rings. The van der Waals surface area contributed by atoms with E-state index in [1.54, 1.807) is 0 Å².